The van der Waals surface area contributed by atoms with Gasteiger partial charge in [-0.25, -0.2) is 4.98 Å². The predicted molar refractivity (Wildman–Crippen MR) is 104 cm³/mol. The molecule has 0 spiro atoms. The third kappa shape index (κ3) is 3.31. The first-order valence-corrected chi connectivity index (χ1v) is 9.76. The normalized spacial score (nSPS) is 20.2. The number of carboxylic acids is 1. The molecular formula is C18H21BrN6O2. The Morgan fingerprint density at radius 2 is 2.04 bits per heavy atom. The van der Waals surface area contributed by atoms with Gasteiger partial charge in [0, 0.05) is 36.7 Å². The third-order valence-corrected chi connectivity index (χ3v) is 6.17. The van der Waals surface area contributed by atoms with Crippen LogP contribution in [0.1, 0.15) is 43.7 Å². The molecule has 4 rings (SSSR count). The van der Waals surface area contributed by atoms with Crippen molar-refractivity contribution in [3.63, 3.8) is 0 Å². The zero-order valence-corrected chi connectivity index (χ0v) is 16.6. The highest BCUT2D eigenvalue weighted by Gasteiger charge is 2.28. The number of aliphatic carboxylic acids is 1. The zero-order chi connectivity index (χ0) is 19.1. The molecular weight excluding hydrogens is 412 g/mol. The van der Waals surface area contributed by atoms with Crippen molar-refractivity contribution >= 4 is 33.4 Å². The highest BCUT2D eigenvalue weighted by atomic mass is 79.9. The second-order valence-electron chi connectivity index (χ2n) is 7.21. The van der Waals surface area contributed by atoms with Crippen molar-refractivity contribution in [1.29, 1.82) is 0 Å². The van der Waals surface area contributed by atoms with Gasteiger partial charge in [0.25, 0.3) is 0 Å². The van der Waals surface area contributed by atoms with E-state index in [-0.39, 0.29) is 18.3 Å². The molecule has 3 heterocycles. The number of carboxylic acid groups (broad SMARTS) is 1. The number of nitrogen functional groups attached to an aromatic ring is 1. The molecule has 9 heteroatoms. The Morgan fingerprint density at radius 1 is 1.30 bits per heavy atom. The number of carbonyl (C=O) groups is 1. The molecule has 0 atom stereocenters. The summed E-state index contributed by atoms with van der Waals surface area (Å²) in [6.07, 6.45) is 9.33. The molecule has 27 heavy (non-hydrogen) atoms. The quantitative estimate of drug-likeness (QED) is 0.654. The van der Waals surface area contributed by atoms with Gasteiger partial charge in [0.05, 0.1) is 22.6 Å². The first kappa shape index (κ1) is 18.0. The maximum Gasteiger partial charge on any atom is 0.303 e. The lowest BCUT2D eigenvalue weighted by molar-refractivity contribution is -0.138. The van der Waals surface area contributed by atoms with Gasteiger partial charge >= 0.3 is 5.97 Å². The molecule has 1 saturated carbocycles. The van der Waals surface area contributed by atoms with Gasteiger partial charge in [0.1, 0.15) is 5.82 Å². The van der Waals surface area contributed by atoms with Gasteiger partial charge in [-0.2, -0.15) is 14.7 Å². The summed E-state index contributed by atoms with van der Waals surface area (Å²) in [5, 5.41) is 17.6. The number of halogens is 1. The summed E-state index contributed by atoms with van der Waals surface area (Å²) in [4.78, 5) is 15.9. The second kappa shape index (κ2) is 6.95. The maximum absolute atomic E-state index is 11.0. The number of hydrogen-bond donors (Lipinski definition) is 2. The fourth-order valence-electron chi connectivity index (χ4n) is 3.93. The predicted octanol–water partition coefficient (Wildman–Crippen LogP) is 3.22. The van der Waals surface area contributed by atoms with E-state index in [9.17, 15) is 4.79 Å². The Bertz CT molecular complexity index is 1000. The number of nitrogens with two attached hydrogens (primary N) is 1. The van der Waals surface area contributed by atoms with E-state index in [1.54, 1.807) is 21.6 Å². The molecule has 0 aliphatic heterocycles. The van der Waals surface area contributed by atoms with E-state index in [0.717, 1.165) is 47.0 Å². The van der Waals surface area contributed by atoms with Crippen LogP contribution in [0.15, 0.2) is 23.1 Å². The van der Waals surface area contributed by atoms with E-state index in [1.807, 2.05) is 13.2 Å². The van der Waals surface area contributed by atoms with Crippen molar-refractivity contribution < 1.29 is 9.90 Å². The van der Waals surface area contributed by atoms with Crippen LogP contribution in [0.25, 0.3) is 16.8 Å². The van der Waals surface area contributed by atoms with Crippen LogP contribution in [0.4, 0.5) is 5.82 Å². The van der Waals surface area contributed by atoms with Gasteiger partial charge < -0.3 is 10.8 Å². The Morgan fingerprint density at radius 3 is 2.67 bits per heavy atom. The summed E-state index contributed by atoms with van der Waals surface area (Å²) in [5.41, 5.74) is 9.81. The topological polar surface area (TPSA) is 111 Å². The maximum atomic E-state index is 11.0. The van der Waals surface area contributed by atoms with Crippen molar-refractivity contribution in [2.24, 2.45) is 13.0 Å². The summed E-state index contributed by atoms with van der Waals surface area (Å²) in [6.45, 7) is 0. The molecule has 1 aliphatic carbocycles. The number of anilines is 1. The molecule has 1 fully saturated rings. The molecule has 142 valence electrons. The highest BCUT2D eigenvalue weighted by Crippen LogP contribution is 2.41. The summed E-state index contributed by atoms with van der Waals surface area (Å²) in [7, 11) is 1.87. The molecule has 3 aromatic heterocycles. The lowest BCUT2D eigenvalue weighted by atomic mass is 9.79. The minimum atomic E-state index is -0.719. The number of nitrogens with zero attached hydrogens (tertiary/aromatic N) is 5. The van der Waals surface area contributed by atoms with E-state index < -0.39 is 5.97 Å². The Balaban J connectivity index is 1.69. The molecule has 0 aromatic carbocycles. The Labute approximate surface area is 164 Å². The lowest BCUT2D eigenvalue weighted by Gasteiger charge is -2.28. The van der Waals surface area contributed by atoms with E-state index in [2.05, 4.69) is 26.1 Å². The molecule has 8 nitrogen and oxygen atoms in total. The third-order valence-electron chi connectivity index (χ3n) is 5.36. The smallest absolute Gasteiger partial charge is 0.303 e. The monoisotopic (exact) mass is 432 g/mol. The van der Waals surface area contributed by atoms with Crippen molar-refractivity contribution in [1.82, 2.24) is 24.4 Å². The number of fused-ring (bicyclic) bond motifs is 1. The van der Waals surface area contributed by atoms with Gasteiger partial charge in [-0.3, -0.25) is 9.48 Å². The Kier molecular flexibility index (Phi) is 4.63. The fraction of sp³-hybridized carbons (Fsp3) is 0.444. The standard InChI is InChI=1S/C18H21BrN6O2/c1-24-9-12(7-21-24)13-8-22-25-17(20)15(19)16(23-18(13)25)11-4-2-10(3-5-11)6-14(26)27/h7-11H,2-6,20H2,1H3,(H,26,27). The average molecular weight is 433 g/mol. The fourth-order valence-corrected chi connectivity index (χ4v) is 4.51. The lowest BCUT2D eigenvalue weighted by Crippen LogP contribution is -2.18. The van der Waals surface area contributed by atoms with E-state index in [0.29, 0.717) is 11.5 Å². The average Bonchev–Trinajstić information content (AvgIpc) is 3.24. The van der Waals surface area contributed by atoms with Gasteiger partial charge in [-0.1, -0.05) is 0 Å². The van der Waals surface area contributed by atoms with Crippen LogP contribution in [0.2, 0.25) is 0 Å². The first-order valence-electron chi connectivity index (χ1n) is 8.97. The minimum absolute atomic E-state index is 0.246. The van der Waals surface area contributed by atoms with Gasteiger partial charge in [-0.15, -0.1) is 0 Å². The van der Waals surface area contributed by atoms with Crippen LogP contribution in [0, 0.1) is 5.92 Å². The molecule has 3 aromatic rings. The largest absolute Gasteiger partial charge is 0.481 e. The summed E-state index contributed by atoms with van der Waals surface area (Å²) in [6, 6.07) is 0. The van der Waals surface area contributed by atoms with Crippen LogP contribution < -0.4 is 5.73 Å². The van der Waals surface area contributed by atoms with Crippen LogP contribution in [0.3, 0.4) is 0 Å². The molecule has 0 saturated heterocycles. The summed E-state index contributed by atoms with van der Waals surface area (Å²) in [5.74, 6) is 0.314. The van der Waals surface area contributed by atoms with Gasteiger partial charge in [0.2, 0.25) is 0 Å². The van der Waals surface area contributed by atoms with Crippen LogP contribution in [-0.4, -0.2) is 35.5 Å². The van der Waals surface area contributed by atoms with E-state index in [4.69, 9.17) is 15.8 Å². The van der Waals surface area contributed by atoms with Crippen LogP contribution >= 0.6 is 15.9 Å². The number of rotatable bonds is 4. The van der Waals surface area contributed by atoms with Crippen LogP contribution in [-0.2, 0) is 11.8 Å². The van der Waals surface area contributed by atoms with Gasteiger partial charge in [0.15, 0.2) is 5.65 Å². The van der Waals surface area contributed by atoms with Crippen LogP contribution in [0.5, 0.6) is 0 Å². The zero-order valence-electron chi connectivity index (χ0n) is 15.0. The van der Waals surface area contributed by atoms with Crippen molar-refractivity contribution in [2.45, 2.75) is 38.0 Å². The minimum Gasteiger partial charge on any atom is -0.481 e. The van der Waals surface area contributed by atoms with Crippen molar-refractivity contribution in [3.05, 3.63) is 28.8 Å². The molecule has 0 radical (unpaired) electrons. The molecule has 0 bridgehead atoms. The number of aromatic nitrogens is 5. The molecule has 0 amide bonds. The van der Waals surface area contributed by atoms with Crippen molar-refractivity contribution in [3.8, 4) is 11.1 Å². The van der Waals surface area contributed by atoms with E-state index in [1.165, 1.54) is 0 Å². The van der Waals surface area contributed by atoms with Gasteiger partial charge in [-0.05, 0) is 47.5 Å². The SMILES string of the molecule is Cn1cc(-c2cnn3c(N)c(Br)c(C4CCC(CC(=O)O)CC4)nc23)cn1. The number of aryl methyl sites for hydroxylation is 1. The molecule has 0 unspecified atom stereocenters. The van der Waals surface area contributed by atoms with E-state index >= 15 is 0 Å². The summed E-state index contributed by atoms with van der Waals surface area (Å²) < 4.78 is 4.16. The first-order chi connectivity index (χ1) is 12.9. The second-order valence-corrected chi connectivity index (χ2v) is 8.00. The van der Waals surface area contributed by atoms with Crippen molar-refractivity contribution in [2.75, 3.05) is 5.73 Å². The number of hydrogen-bond acceptors (Lipinski definition) is 5. The highest BCUT2D eigenvalue weighted by molar-refractivity contribution is 9.10. The summed E-state index contributed by atoms with van der Waals surface area (Å²) >= 11 is 3.60. The molecule has 3 N–H and O–H groups in total. The Hall–Kier alpha value is -2.42. The molecule has 1 aliphatic rings.